The highest BCUT2D eigenvalue weighted by Crippen LogP contribution is 2.30. The summed E-state index contributed by atoms with van der Waals surface area (Å²) < 4.78 is 29.6. The van der Waals surface area contributed by atoms with Crippen LogP contribution in [-0.2, 0) is 6.54 Å². The van der Waals surface area contributed by atoms with Crippen LogP contribution in [0.1, 0.15) is 17.8 Å². The largest absolute Gasteiger partial charge is 0.495 e. The fourth-order valence-corrected chi connectivity index (χ4v) is 1.23. The molecule has 0 saturated carbocycles. The van der Waals surface area contributed by atoms with E-state index in [1.54, 1.807) is 0 Å². The van der Waals surface area contributed by atoms with Crippen molar-refractivity contribution in [3.63, 3.8) is 0 Å². The molecule has 1 aromatic heterocycles. The smallest absolute Gasteiger partial charge is 0.281 e. The van der Waals surface area contributed by atoms with Crippen molar-refractivity contribution in [2.75, 3.05) is 7.11 Å². The molecule has 0 fully saturated rings. The molecule has 14 heavy (non-hydrogen) atoms. The molecule has 0 unspecified atom stereocenters. The van der Waals surface area contributed by atoms with Gasteiger partial charge in [0.2, 0.25) is 0 Å². The monoisotopic (exact) mass is 222 g/mol. The Labute approximate surface area is 84.8 Å². The molecule has 0 saturated heterocycles. The maximum atomic E-state index is 12.4. The number of hydrogen-bond donors (Lipinski definition) is 1. The van der Waals surface area contributed by atoms with Gasteiger partial charge in [-0.1, -0.05) is 11.6 Å². The zero-order valence-electron chi connectivity index (χ0n) is 7.43. The number of aromatic nitrogens is 1. The molecule has 0 aliphatic heterocycles. The third-order valence-electron chi connectivity index (χ3n) is 1.66. The minimum absolute atomic E-state index is 0.0278. The van der Waals surface area contributed by atoms with E-state index >= 15 is 0 Å². The van der Waals surface area contributed by atoms with Crippen molar-refractivity contribution in [3.8, 4) is 5.75 Å². The average Bonchev–Trinajstić information content (AvgIpc) is 2.16. The molecule has 0 aliphatic carbocycles. The lowest BCUT2D eigenvalue weighted by Crippen LogP contribution is -2.06. The van der Waals surface area contributed by atoms with Gasteiger partial charge >= 0.3 is 0 Å². The van der Waals surface area contributed by atoms with Gasteiger partial charge in [-0.05, 0) is 0 Å². The van der Waals surface area contributed by atoms with Crippen LogP contribution in [0.15, 0.2) is 6.07 Å². The quantitative estimate of drug-likeness (QED) is 0.853. The first-order valence-corrected chi connectivity index (χ1v) is 4.19. The van der Waals surface area contributed by atoms with E-state index in [1.807, 2.05) is 0 Å². The van der Waals surface area contributed by atoms with Gasteiger partial charge in [-0.3, -0.25) is 0 Å². The van der Waals surface area contributed by atoms with Crippen LogP contribution >= 0.6 is 11.6 Å². The molecular formula is C8H9ClF2N2O. The molecule has 3 nitrogen and oxygen atoms in total. The minimum atomic E-state index is -2.71. The fraction of sp³-hybridized carbons (Fsp3) is 0.375. The molecule has 0 spiro atoms. The number of ether oxygens (including phenoxy) is 1. The molecular weight excluding hydrogens is 214 g/mol. The lowest BCUT2D eigenvalue weighted by atomic mass is 10.2. The minimum Gasteiger partial charge on any atom is -0.495 e. The van der Waals surface area contributed by atoms with E-state index in [1.165, 1.54) is 13.2 Å². The van der Waals surface area contributed by atoms with E-state index in [9.17, 15) is 8.78 Å². The van der Waals surface area contributed by atoms with Gasteiger partial charge < -0.3 is 10.5 Å². The van der Waals surface area contributed by atoms with Gasteiger partial charge in [-0.15, -0.1) is 0 Å². The first-order valence-electron chi connectivity index (χ1n) is 3.81. The van der Waals surface area contributed by atoms with Crippen molar-refractivity contribution < 1.29 is 13.5 Å². The summed E-state index contributed by atoms with van der Waals surface area (Å²) in [5, 5.41) is -0.117. The maximum absolute atomic E-state index is 12.4. The van der Waals surface area contributed by atoms with Crippen LogP contribution in [0.4, 0.5) is 8.78 Å². The fourth-order valence-electron chi connectivity index (χ4n) is 1.00. The summed E-state index contributed by atoms with van der Waals surface area (Å²) in [5.74, 6) is 0.321. The van der Waals surface area contributed by atoms with E-state index in [-0.39, 0.29) is 17.3 Å². The zero-order valence-corrected chi connectivity index (χ0v) is 8.18. The van der Waals surface area contributed by atoms with Gasteiger partial charge in [0.25, 0.3) is 6.43 Å². The van der Waals surface area contributed by atoms with E-state index in [4.69, 9.17) is 22.1 Å². The number of nitrogens with two attached hydrogens (primary N) is 1. The second-order valence-corrected chi connectivity index (χ2v) is 2.92. The first-order chi connectivity index (χ1) is 6.60. The van der Waals surface area contributed by atoms with Crippen LogP contribution in [0.3, 0.4) is 0 Å². The van der Waals surface area contributed by atoms with Crippen molar-refractivity contribution in [1.82, 2.24) is 4.98 Å². The van der Waals surface area contributed by atoms with Gasteiger partial charge in [0.05, 0.1) is 17.8 Å². The number of nitrogens with zero attached hydrogens (tertiary/aromatic N) is 1. The molecule has 2 N–H and O–H groups in total. The molecule has 1 heterocycles. The van der Waals surface area contributed by atoms with E-state index in [2.05, 4.69) is 4.98 Å². The number of halogens is 3. The second kappa shape index (κ2) is 4.52. The summed E-state index contributed by atoms with van der Waals surface area (Å²) in [6, 6.07) is 1.29. The molecule has 0 aromatic carbocycles. The van der Waals surface area contributed by atoms with Crippen molar-refractivity contribution in [2.24, 2.45) is 5.73 Å². The number of alkyl halides is 2. The van der Waals surface area contributed by atoms with Gasteiger partial charge in [0.1, 0.15) is 11.4 Å². The van der Waals surface area contributed by atoms with Crippen LogP contribution in [0.2, 0.25) is 5.02 Å². The lowest BCUT2D eigenvalue weighted by molar-refractivity contribution is 0.145. The van der Waals surface area contributed by atoms with Crippen LogP contribution in [-0.4, -0.2) is 12.1 Å². The normalized spacial score (nSPS) is 10.7. The molecule has 0 atom stereocenters. The zero-order chi connectivity index (χ0) is 10.7. The Hall–Kier alpha value is -0.940. The Morgan fingerprint density at radius 3 is 2.71 bits per heavy atom. The van der Waals surface area contributed by atoms with Crippen LogP contribution in [0.5, 0.6) is 5.75 Å². The standard InChI is InChI=1S/C8H9ClF2N2O/c1-14-6-2-4(9)7(8(10)11)13-5(6)3-12/h2,8H,3,12H2,1H3. The van der Waals surface area contributed by atoms with Gasteiger partial charge in [0.15, 0.2) is 0 Å². The molecule has 6 heteroatoms. The number of rotatable bonds is 3. The van der Waals surface area contributed by atoms with E-state index < -0.39 is 12.1 Å². The van der Waals surface area contributed by atoms with Crippen LogP contribution in [0.25, 0.3) is 0 Å². The highest BCUT2D eigenvalue weighted by molar-refractivity contribution is 6.31. The highest BCUT2D eigenvalue weighted by atomic mass is 35.5. The Balaban J connectivity index is 3.23. The molecule has 0 bridgehead atoms. The summed E-state index contributed by atoms with van der Waals surface area (Å²) in [6.07, 6.45) is -2.71. The molecule has 1 rings (SSSR count). The Kier molecular flexibility index (Phi) is 3.60. The summed E-state index contributed by atoms with van der Waals surface area (Å²) in [6.45, 7) is 0.0278. The summed E-state index contributed by atoms with van der Waals surface area (Å²) in [4.78, 5) is 3.63. The number of methoxy groups -OCH3 is 1. The second-order valence-electron chi connectivity index (χ2n) is 2.51. The molecule has 78 valence electrons. The summed E-state index contributed by atoms with van der Waals surface area (Å²) in [5.41, 5.74) is 5.12. The maximum Gasteiger partial charge on any atom is 0.281 e. The third-order valence-corrected chi connectivity index (χ3v) is 1.97. The molecule has 0 aliphatic rings. The van der Waals surface area contributed by atoms with Crippen LogP contribution < -0.4 is 10.5 Å². The van der Waals surface area contributed by atoms with Gasteiger partial charge in [-0.2, -0.15) is 0 Å². The SMILES string of the molecule is COc1cc(Cl)c(C(F)F)nc1CN. The molecule has 0 radical (unpaired) electrons. The van der Waals surface area contributed by atoms with E-state index in [0.29, 0.717) is 5.75 Å². The van der Waals surface area contributed by atoms with Crippen molar-refractivity contribution in [2.45, 2.75) is 13.0 Å². The summed E-state index contributed by atoms with van der Waals surface area (Å²) in [7, 11) is 1.40. The summed E-state index contributed by atoms with van der Waals surface area (Å²) >= 11 is 5.57. The van der Waals surface area contributed by atoms with Crippen molar-refractivity contribution >= 4 is 11.6 Å². The molecule has 1 aromatic rings. The lowest BCUT2D eigenvalue weighted by Gasteiger charge is -2.09. The molecule has 0 amide bonds. The predicted octanol–water partition coefficient (Wildman–Crippen LogP) is 2.14. The topological polar surface area (TPSA) is 48.1 Å². The van der Waals surface area contributed by atoms with Crippen molar-refractivity contribution in [3.05, 3.63) is 22.5 Å². The third kappa shape index (κ3) is 2.10. The van der Waals surface area contributed by atoms with Crippen LogP contribution in [0, 0.1) is 0 Å². The Morgan fingerprint density at radius 1 is 1.64 bits per heavy atom. The highest BCUT2D eigenvalue weighted by Gasteiger charge is 2.17. The van der Waals surface area contributed by atoms with Gasteiger partial charge in [-0.25, -0.2) is 13.8 Å². The number of hydrogen-bond acceptors (Lipinski definition) is 3. The Bertz CT molecular complexity index is 333. The average molecular weight is 223 g/mol. The first kappa shape index (κ1) is 11.1. The van der Waals surface area contributed by atoms with E-state index in [0.717, 1.165) is 0 Å². The van der Waals surface area contributed by atoms with Crippen molar-refractivity contribution in [1.29, 1.82) is 0 Å². The predicted molar refractivity (Wildman–Crippen MR) is 48.6 cm³/mol. The number of pyridine rings is 1. The Morgan fingerprint density at radius 2 is 2.29 bits per heavy atom. The van der Waals surface area contributed by atoms with Gasteiger partial charge in [0, 0.05) is 12.6 Å².